The zero-order valence-corrected chi connectivity index (χ0v) is 9.92. The number of benzene rings is 2. The van der Waals surface area contributed by atoms with Crippen molar-refractivity contribution in [2.45, 2.75) is 6.92 Å². The van der Waals surface area contributed by atoms with E-state index in [4.69, 9.17) is 9.57 Å². The van der Waals surface area contributed by atoms with Crippen molar-refractivity contribution in [2.75, 3.05) is 0 Å². The Morgan fingerprint density at radius 1 is 0.889 bits per heavy atom. The largest absolute Gasteiger partial charge is 0.457 e. The number of para-hydroxylation sites is 1. The highest BCUT2D eigenvalue weighted by Gasteiger charge is 1.99. The lowest BCUT2D eigenvalue weighted by molar-refractivity contribution is -0.125. The molecule has 0 unspecified atom stereocenters. The maximum Gasteiger partial charge on any atom is 0.249 e. The molecule has 0 bridgehead atoms. The zero-order chi connectivity index (χ0) is 12.8. The van der Waals surface area contributed by atoms with Gasteiger partial charge in [0.15, 0.2) is 5.75 Å². The number of carbonyl (C=O) groups is 1. The first-order chi connectivity index (χ1) is 8.74. The normalized spacial score (nSPS) is 9.61. The van der Waals surface area contributed by atoms with E-state index in [1.807, 2.05) is 30.3 Å². The van der Waals surface area contributed by atoms with Crippen molar-refractivity contribution in [3.05, 3.63) is 54.6 Å². The van der Waals surface area contributed by atoms with Gasteiger partial charge in [0.25, 0.3) is 0 Å². The van der Waals surface area contributed by atoms with Crippen LogP contribution in [0.25, 0.3) is 0 Å². The van der Waals surface area contributed by atoms with Gasteiger partial charge in [-0.05, 0) is 36.4 Å². The van der Waals surface area contributed by atoms with E-state index < -0.39 is 0 Å². The smallest absolute Gasteiger partial charge is 0.249 e. The average Bonchev–Trinajstić information content (AvgIpc) is 2.39. The van der Waals surface area contributed by atoms with Gasteiger partial charge in [0.05, 0.1) is 0 Å². The van der Waals surface area contributed by atoms with Crippen molar-refractivity contribution < 1.29 is 14.4 Å². The molecule has 0 aliphatic rings. The van der Waals surface area contributed by atoms with Crippen LogP contribution in [0.2, 0.25) is 0 Å². The van der Waals surface area contributed by atoms with Gasteiger partial charge in [-0.25, -0.2) is 0 Å². The van der Waals surface area contributed by atoms with Crippen LogP contribution in [0.1, 0.15) is 6.92 Å². The van der Waals surface area contributed by atoms with Crippen molar-refractivity contribution in [1.29, 1.82) is 0 Å². The molecule has 0 heterocycles. The van der Waals surface area contributed by atoms with Gasteiger partial charge in [-0.15, -0.1) is 0 Å². The molecule has 18 heavy (non-hydrogen) atoms. The van der Waals surface area contributed by atoms with Crippen LogP contribution in [0, 0.1) is 0 Å². The van der Waals surface area contributed by atoms with E-state index in [2.05, 4.69) is 5.48 Å². The fourth-order valence-corrected chi connectivity index (χ4v) is 1.33. The van der Waals surface area contributed by atoms with Crippen LogP contribution in [0.5, 0.6) is 17.2 Å². The quantitative estimate of drug-likeness (QED) is 0.840. The minimum atomic E-state index is -0.250. The van der Waals surface area contributed by atoms with E-state index in [1.165, 1.54) is 6.92 Å². The van der Waals surface area contributed by atoms with Crippen LogP contribution in [0.4, 0.5) is 0 Å². The van der Waals surface area contributed by atoms with Gasteiger partial charge in [0.1, 0.15) is 11.5 Å². The highest BCUT2D eigenvalue weighted by atomic mass is 16.7. The van der Waals surface area contributed by atoms with E-state index in [0.29, 0.717) is 11.5 Å². The number of rotatable bonds is 4. The molecule has 0 atom stereocenters. The van der Waals surface area contributed by atoms with Crippen molar-refractivity contribution in [1.82, 2.24) is 5.48 Å². The summed E-state index contributed by atoms with van der Waals surface area (Å²) < 4.78 is 5.62. The molecule has 0 spiro atoms. The second-order valence-electron chi connectivity index (χ2n) is 3.65. The minimum Gasteiger partial charge on any atom is -0.457 e. The van der Waals surface area contributed by atoms with Crippen LogP contribution in [0.15, 0.2) is 54.6 Å². The molecule has 0 saturated carbocycles. The lowest BCUT2D eigenvalue weighted by Crippen LogP contribution is -2.23. The third kappa shape index (κ3) is 3.52. The minimum absolute atomic E-state index is 0.250. The predicted molar refractivity (Wildman–Crippen MR) is 67.4 cm³/mol. The fraction of sp³-hybridized carbons (Fsp3) is 0.0714. The van der Waals surface area contributed by atoms with Crippen LogP contribution >= 0.6 is 0 Å². The van der Waals surface area contributed by atoms with E-state index in [0.717, 1.165) is 5.75 Å². The van der Waals surface area contributed by atoms with Gasteiger partial charge in [-0.1, -0.05) is 18.2 Å². The summed E-state index contributed by atoms with van der Waals surface area (Å²) >= 11 is 0. The van der Waals surface area contributed by atoms with E-state index in [-0.39, 0.29) is 5.91 Å². The lowest BCUT2D eigenvalue weighted by Gasteiger charge is -2.07. The Morgan fingerprint density at radius 3 is 2.06 bits per heavy atom. The Labute approximate surface area is 105 Å². The molecule has 0 aliphatic carbocycles. The molecule has 2 aromatic carbocycles. The number of nitrogens with one attached hydrogen (secondary N) is 1. The molecule has 2 aromatic rings. The van der Waals surface area contributed by atoms with E-state index in [9.17, 15) is 4.79 Å². The Morgan fingerprint density at radius 2 is 1.44 bits per heavy atom. The molecule has 0 saturated heterocycles. The van der Waals surface area contributed by atoms with Crippen LogP contribution < -0.4 is 15.1 Å². The number of amides is 1. The lowest BCUT2D eigenvalue weighted by atomic mass is 10.3. The van der Waals surface area contributed by atoms with Gasteiger partial charge in [0, 0.05) is 6.92 Å². The molecular formula is C14H13NO3. The summed E-state index contributed by atoms with van der Waals surface area (Å²) in [6, 6.07) is 16.5. The van der Waals surface area contributed by atoms with Gasteiger partial charge in [-0.2, -0.15) is 5.48 Å². The van der Waals surface area contributed by atoms with Crippen molar-refractivity contribution in [2.24, 2.45) is 0 Å². The molecule has 4 nitrogen and oxygen atoms in total. The van der Waals surface area contributed by atoms with Crippen molar-refractivity contribution in [3.63, 3.8) is 0 Å². The highest BCUT2D eigenvalue weighted by Crippen LogP contribution is 2.23. The van der Waals surface area contributed by atoms with Crippen LogP contribution in [-0.4, -0.2) is 5.91 Å². The standard InChI is InChI=1S/C14H13NO3/c1-11(16)15-18-14-9-7-13(8-10-14)17-12-5-3-2-4-6-12/h2-10H,1H3,(H,15,16). The molecule has 92 valence electrons. The molecule has 0 aromatic heterocycles. The maximum absolute atomic E-state index is 10.7. The van der Waals surface area contributed by atoms with Gasteiger partial charge < -0.3 is 9.57 Å². The Balaban J connectivity index is 1.97. The summed E-state index contributed by atoms with van der Waals surface area (Å²) in [7, 11) is 0. The molecule has 4 heteroatoms. The Hall–Kier alpha value is -2.49. The number of ether oxygens (including phenoxy) is 1. The predicted octanol–water partition coefficient (Wildman–Crippen LogP) is 2.91. The molecule has 1 N–H and O–H groups in total. The number of carbonyl (C=O) groups excluding carboxylic acids is 1. The molecule has 0 radical (unpaired) electrons. The third-order valence-electron chi connectivity index (χ3n) is 2.12. The Bertz CT molecular complexity index is 508. The summed E-state index contributed by atoms with van der Waals surface area (Å²) in [4.78, 5) is 15.7. The van der Waals surface area contributed by atoms with Crippen LogP contribution in [0.3, 0.4) is 0 Å². The summed E-state index contributed by atoms with van der Waals surface area (Å²) in [6.07, 6.45) is 0. The summed E-state index contributed by atoms with van der Waals surface area (Å²) in [5, 5.41) is 0. The first-order valence-electron chi connectivity index (χ1n) is 5.50. The Kier molecular flexibility index (Phi) is 3.81. The third-order valence-corrected chi connectivity index (χ3v) is 2.12. The fourth-order valence-electron chi connectivity index (χ4n) is 1.33. The second-order valence-corrected chi connectivity index (χ2v) is 3.65. The second kappa shape index (κ2) is 5.72. The van der Waals surface area contributed by atoms with E-state index >= 15 is 0 Å². The summed E-state index contributed by atoms with van der Waals surface area (Å²) in [5.41, 5.74) is 2.25. The van der Waals surface area contributed by atoms with Crippen molar-refractivity contribution in [3.8, 4) is 17.2 Å². The molecule has 1 amide bonds. The highest BCUT2D eigenvalue weighted by molar-refractivity contribution is 5.71. The average molecular weight is 243 g/mol. The van der Waals surface area contributed by atoms with Gasteiger partial charge >= 0.3 is 0 Å². The zero-order valence-electron chi connectivity index (χ0n) is 9.92. The number of hydrogen-bond donors (Lipinski definition) is 1. The first kappa shape index (κ1) is 12.0. The molecule has 0 fully saturated rings. The SMILES string of the molecule is CC(=O)NOc1ccc(Oc2ccccc2)cc1. The monoisotopic (exact) mass is 243 g/mol. The topological polar surface area (TPSA) is 47.6 Å². The number of hydrogen-bond acceptors (Lipinski definition) is 3. The van der Waals surface area contributed by atoms with E-state index in [1.54, 1.807) is 24.3 Å². The van der Waals surface area contributed by atoms with Crippen LogP contribution in [-0.2, 0) is 4.79 Å². The molecular weight excluding hydrogens is 230 g/mol. The molecule has 0 aliphatic heterocycles. The van der Waals surface area contributed by atoms with Gasteiger partial charge in [0.2, 0.25) is 5.91 Å². The maximum atomic E-state index is 10.7. The first-order valence-corrected chi connectivity index (χ1v) is 5.50. The molecule has 2 rings (SSSR count). The van der Waals surface area contributed by atoms with Crippen molar-refractivity contribution >= 4 is 5.91 Å². The number of hydroxylamine groups is 1. The summed E-state index contributed by atoms with van der Waals surface area (Å²) in [6.45, 7) is 1.38. The van der Waals surface area contributed by atoms with Gasteiger partial charge in [-0.3, -0.25) is 4.79 Å². The summed E-state index contributed by atoms with van der Waals surface area (Å²) in [5.74, 6) is 1.77.